The fourth-order valence-electron chi connectivity index (χ4n) is 1.51. The van der Waals surface area contributed by atoms with Gasteiger partial charge < -0.3 is 15.7 Å². The zero-order valence-electron chi connectivity index (χ0n) is 10.3. The van der Waals surface area contributed by atoms with Crippen molar-refractivity contribution in [3.8, 4) is 5.88 Å². The van der Waals surface area contributed by atoms with Gasteiger partial charge >= 0.3 is 0 Å². The molecular formula is C12H19N3O2. The molecule has 0 saturated heterocycles. The first kappa shape index (κ1) is 13.3. The van der Waals surface area contributed by atoms with E-state index in [9.17, 15) is 0 Å². The molecule has 1 aromatic heterocycles. The molecule has 1 unspecified atom stereocenters. The molecule has 0 aliphatic heterocycles. The van der Waals surface area contributed by atoms with Crippen LogP contribution in [0.15, 0.2) is 23.5 Å². The van der Waals surface area contributed by atoms with Gasteiger partial charge in [0, 0.05) is 17.8 Å². The number of ether oxygens (including phenoxy) is 1. The van der Waals surface area contributed by atoms with E-state index >= 15 is 0 Å². The molecule has 5 heteroatoms. The predicted octanol–water partition coefficient (Wildman–Crippen LogP) is 1.99. The fraction of sp³-hybridized carbons (Fsp3) is 0.500. The lowest BCUT2D eigenvalue weighted by atomic mass is 10.1. The maximum atomic E-state index is 8.57. The van der Waals surface area contributed by atoms with Crippen molar-refractivity contribution in [1.82, 2.24) is 4.98 Å². The van der Waals surface area contributed by atoms with E-state index in [0.29, 0.717) is 24.0 Å². The summed E-state index contributed by atoms with van der Waals surface area (Å²) in [4.78, 5) is 4.07. The van der Waals surface area contributed by atoms with E-state index in [1.165, 1.54) is 0 Å². The third kappa shape index (κ3) is 4.30. The molecule has 0 bridgehead atoms. The number of nitrogens with zero attached hydrogens (tertiary/aromatic N) is 2. The average molecular weight is 237 g/mol. The molecule has 0 spiro atoms. The lowest BCUT2D eigenvalue weighted by Crippen LogP contribution is -2.14. The van der Waals surface area contributed by atoms with Crippen molar-refractivity contribution in [2.24, 2.45) is 16.8 Å². The molecule has 0 aliphatic rings. The largest absolute Gasteiger partial charge is 0.477 e. The number of nitrogens with two attached hydrogens (primary N) is 1. The zero-order valence-corrected chi connectivity index (χ0v) is 10.3. The second kappa shape index (κ2) is 6.73. The Bertz CT molecular complexity index is 380. The molecule has 0 amide bonds. The summed E-state index contributed by atoms with van der Waals surface area (Å²) in [6, 6.07) is 3.32. The second-order valence-corrected chi connectivity index (χ2v) is 4.07. The van der Waals surface area contributed by atoms with Crippen LogP contribution in [0.1, 0.15) is 32.3 Å². The van der Waals surface area contributed by atoms with Crippen molar-refractivity contribution in [3.63, 3.8) is 0 Å². The zero-order chi connectivity index (χ0) is 12.7. The molecule has 1 heterocycles. The maximum Gasteiger partial charge on any atom is 0.213 e. The summed E-state index contributed by atoms with van der Waals surface area (Å²) in [5, 5.41) is 11.5. The molecule has 5 nitrogen and oxygen atoms in total. The Labute approximate surface area is 101 Å². The van der Waals surface area contributed by atoms with E-state index in [1.807, 2.05) is 0 Å². The fourth-order valence-corrected chi connectivity index (χ4v) is 1.51. The molecule has 94 valence electrons. The van der Waals surface area contributed by atoms with Gasteiger partial charge in [-0.05, 0) is 18.4 Å². The Balaban J connectivity index is 2.60. The lowest BCUT2D eigenvalue weighted by molar-refractivity contribution is 0.243. The van der Waals surface area contributed by atoms with Crippen LogP contribution in [0.2, 0.25) is 0 Å². The van der Waals surface area contributed by atoms with Crippen molar-refractivity contribution < 1.29 is 9.94 Å². The smallest absolute Gasteiger partial charge is 0.213 e. The van der Waals surface area contributed by atoms with Crippen LogP contribution in [0, 0.1) is 5.92 Å². The quantitative estimate of drug-likeness (QED) is 0.343. The standard InChI is InChI=1S/C12H19N3O2/c1-3-4-9(2)8-17-11-7-10(5-6-14-11)12(13)15-16/h5-7,9,16H,3-4,8H2,1-2H3,(H2,13,15). The summed E-state index contributed by atoms with van der Waals surface area (Å²) in [5.41, 5.74) is 6.08. The maximum absolute atomic E-state index is 8.57. The summed E-state index contributed by atoms with van der Waals surface area (Å²) >= 11 is 0. The van der Waals surface area contributed by atoms with Crippen molar-refractivity contribution in [1.29, 1.82) is 0 Å². The summed E-state index contributed by atoms with van der Waals surface area (Å²) in [6.45, 7) is 4.91. The van der Waals surface area contributed by atoms with E-state index in [0.717, 1.165) is 12.8 Å². The van der Waals surface area contributed by atoms with Crippen LogP contribution >= 0.6 is 0 Å². The monoisotopic (exact) mass is 237 g/mol. The minimum absolute atomic E-state index is 0.0545. The molecular weight excluding hydrogens is 218 g/mol. The Hall–Kier alpha value is -1.78. The van der Waals surface area contributed by atoms with Crippen LogP contribution in [0.25, 0.3) is 0 Å². The summed E-state index contributed by atoms with van der Waals surface area (Å²) < 4.78 is 5.55. The highest BCUT2D eigenvalue weighted by Crippen LogP contribution is 2.12. The Morgan fingerprint density at radius 2 is 2.41 bits per heavy atom. The predicted molar refractivity (Wildman–Crippen MR) is 66.3 cm³/mol. The normalized spacial score (nSPS) is 13.4. The van der Waals surface area contributed by atoms with Gasteiger partial charge in [-0.3, -0.25) is 0 Å². The topological polar surface area (TPSA) is 80.7 Å². The van der Waals surface area contributed by atoms with Crippen LogP contribution in [-0.4, -0.2) is 22.6 Å². The van der Waals surface area contributed by atoms with E-state index < -0.39 is 0 Å². The minimum Gasteiger partial charge on any atom is -0.477 e. The van der Waals surface area contributed by atoms with Crippen molar-refractivity contribution in [2.45, 2.75) is 26.7 Å². The van der Waals surface area contributed by atoms with E-state index in [4.69, 9.17) is 15.7 Å². The molecule has 0 aromatic carbocycles. The molecule has 0 radical (unpaired) electrons. The molecule has 1 atom stereocenters. The first-order valence-corrected chi connectivity index (χ1v) is 5.74. The number of amidine groups is 1. The third-order valence-electron chi connectivity index (χ3n) is 2.44. The van der Waals surface area contributed by atoms with Gasteiger partial charge in [0.15, 0.2) is 5.84 Å². The van der Waals surface area contributed by atoms with Gasteiger partial charge in [0.2, 0.25) is 5.88 Å². The number of aromatic nitrogens is 1. The second-order valence-electron chi connectivity index (χ2n) is 4.07. The van der Waals surface area contributed by atoms with Gasteiger partial charge in [-0.25, -0.2) is 4.98 Å². The van der Waals surface area contributed by atoms with E-state index in [1.54, 1.807) is 18.3 Å². The van der Waals surface area contributed by atoms with Gasteiger partial charge in [-0.1, -0.05) is 25.4 Å². The molecule has 1 aromatic rings. The van der Waals surface area contributed by atoms with Gasteiger partial charge in [0.1, 0.15) is 0 Å². The highest BCUT2D eigenvalue weighted by molar-refractivity contribution is 5.97. The van der Waals surface area contributed by atoms with Crippen molar-refractivity contribution >= 4 is 5.84 Å². The lowest BCUT2D eigenvalue weighted by Gasteiger charge is -2.11. The van der Waals surface area contributed by atoms with Crippen LogP contribution in [0.4, 0.5) is 0 Å². The highest BCUT2D eigenvalue weighted by atomic mass is 16.5. The van der Waals surface area contributed by atoms with E-state index in [2.05, 4.69) is 24.0 Å². The number of rotatable bonds is 6. The Kier molecular flexibility index (Phi) is 5.26. The molecule has 0 saturated carbocycles. The van der Waals surface area contributed by atoms with Crippen LogP contribution < -0.4 is 10.5 Å². The highest BCUT2D eigenvalue weighted by Gasteiger charge is 2.05. The van der Waals surface area contributed by atoms with Crippen molar-refractivity contribution in [3.05, 3.63) is 23.9 Å². The molecule has 3 N–H and O–H groups in total. The summed E-state index contributed by atoms with van der Waals surface area (Å²) in [7, 11) is 0. The number of oxime groups is 1. The number of hydrogen-bond donors (Lipinski definition) is 2. The SMILES string of the molecule is CCCC(C)COc1cc(/C(N)=N/O)ccn1. The molecule has 0 aliphatic carbocycles. The third-order valence-corrected chi connectivity index (χ3v) is 2.44. The van der Waals surface area contributed by atoms with E-state index in [-0.39, 0.29) is 5.84 Å². The molecule has 17 heavy (non-hydrogen) atoms. The van der Waals surface area contributed by atoms with Gasteiger partial charge in [-0.2, -0.15) is 0 Å². The van der Waals surface area contributed by atoms with Crippen LogP contribution in [0.3, 0.4) is 0 Å². The Morgan fingerprint density at radius 1 is 1.65 bits per heavy atom. The van der Waals surface area contributed by atoms with Gasteiger partial charge in [0.25, 0.3) is 0 Å². The first-order valence-electron chi connectivity index (χ1n) is 5.74. The number of pyridine rings is 1. The van der Waals surface area contributed by atoms with Gasteiger partial charge in [0.05, 0.1) is 6.61 Å². The average Bonchev–Trinajstić information content (AvgIpc) is 2.36. The van der Waals surface area contributed by atoms with Crippen molar-refractivity contribution in [2.75, 3.05) is 6.61 Å². The Morgan fingerprint density at radius 3 is 3.06 bits per heavy atom. The molecule has 1 rings (SSSR count). The van der Waals surface area contributed by atoms with Crippen LogP contribution in [-0.2, 0) is 0 Å². The van der Waals surface area contributed by atoms with Gasteiger partial charge in [-0.15, -0.1) is 0 Å². The summed E-state index contributed by atoms with van der Waals surface area (Å²) in [5.74, 6) is 1.05. The first-order chi connectivity index (χ1) is 8.17. The summed E-state index contributed by atoms with van der Waals surface area (Å²) in [6.07, 6.45) is 3.84. The van der Waals surface area contributed by atoms with Crippen LogP contribution in [0.5, 0.6) is 5.88 Å². The molecule has 0 fully saturated rings. The number of hydrogen-bond acceptors (Lipinski definition) is 4. The minimum atomic E-state index is 0.0545.